The van der Waals surface area contributed by atoms with Crippen molar-refractivity contribution in [1.82, 2.24) is 4.90 Å². The highest BCUT2D eigenvalue weighted by atomic mass is 15.2. The molecule has 0 aromatic carbocycles. The molecule has 1 fully saturated rings. The number of hydrogen-bond acceptors (Lipinski definition) is 1. The normalized spacial score (nSPS) is 36.4. The maximum absolute atomic E-state index is 2.67. The molecule has 74 valence electrons. The molecule has 2 aliphatic rings. The summed E-state index contributed by atoms with van der Waals surface area (Å²) in [6.07, 6.45) is 11.9. The Bertz CT molecular complexity index is 180. The van der Waals surface area contributed by atoms with Gasteiger partial charge in [-0.3, -0.25) is 4.90 Å². The van der Waals surface area contributed by atoms with Gasteiger partial charge in [0.15, 0.2) is 0 Å². The molecule has 0 aromatic rings. The van der Waals surface area contributed by atoms with E-state index in [2.05, 4.69) is 24.0 Å². The summed E-state index contributed by atoms with van der Waals surface area (Å²) in [5.41, 5.74) is 0. The Balaban J connectivity index is 1.89. The lowest BCUT2D eigenvalue weighted by Gasteiger charge is -2.35. The summed E-state index contributed by atoms with van der Waals surface area (Å²) in [5, 5.41) is 0. The van der Waals surface area contributed by atoms with Gasteiger partial charge >= 0.3 is 0 Å². The van der Waals surface area contributed by atoms with Gasteiger partial charge in [0.25, 0.3) is 0 Å². The third-order valence-electron chi connectivity index (χ3n) is 3.44. The van der Waals surface area contributed by atoms with Gasteiger partial charge in [-0.15, -0.1) is 0 Å². The quantitative estimate of drug-likeness (QED) is 0.559. The Labute approximate surface area is 81.8 Å². The van der Waals surface area contributed by atoms with Gasteiger partial charge in [0.2, 0.25) is 0 Å². The number of nitrogens with zero attached hydrogens (tertiary/aromatic N) is 1. The van der Waals surface area contributed by atoms with E-state index in [1.54, 1.807) is 0 Å². The zero-order valence-electron chi connectivity index (χ0n) is 8.71. The SMILES string of the molecule is C[C@@H]1C=CC(N2CCCCC2)CC1. The lowest BCUT2D eigenvalue weighted by Crippen LogP contribution is -2.39. The first-order valence-corrected chi connectivity index (χ1v) is 5.78. The van der Waals surface area contributed by atoms with Crippen LogP contribution in [-0.2, 0) is 0 Å². The molecule has 0 radical (unpaired) electrons. The molecule has 0 saturated carbocycles. The zero-order chi connectivity index (χ0) is 9.10. The first-order valence-electron chi connectivity index (χ1n) is 5.78. The summed E-state index contributed by atoms with van der Waals surface area (Å²) in [6.45, 7) is 5.00. The fraction of sp³-hybridized carbons (Fsp3) is 0.833. The molecule has 0 bridgehead atoms. The van der Waals surface area contributed by atoms with Gasteiger partial charge < -0.3 is 0 Å². The Morgan fingerprint density at radius 2 is 1.77 bits per heavy atom. The van der Waals surface area contributed by atoms with Crippen LogP contribution in [0, 0.1) is 5.92 Å². The van der Waals surface area contributed by atoms with E-state index in [9.17, 15) is 0 Å². The molecule has 0 N–H and O–H groups in total. The summed E-state index contributed by atoms with van der Waals surface area (Å²) >= 11 is 0. The zero-order valence-corrected chi connectivity index (χ0v) is 8.71. The van der Waals surface area contributed by atoms with Gasteiger partial charge in [-0.25, -0.2) is 0 Å². The molecule has 0 aromatic heterocycles. The maximum Gasteiger partial charge on any atom is 0.0278 e. The predicted molar refractivity (Wildman–Crippen MR) is 56.8 cm³/mol. The Kier molecular flexibility index (Phi) is 3.05. The lowest BCUT2D eigenvalue weighted by molar-refractivity contribution is 0.175. The van der Waals surface area contributed by atoms with Crippen molar-refractivity contribution in [3.63, 3.8) is 0 Å². The molecule has 2 rings (SSSR count). The number of hydrogen-bond donors (Lipinski definition) is 0. The van der Waals surface area contributed by atoms with E-state index < -0.39 is 0 Å². The second-order valence-electron chi connectivity index (χ2n) is 4.60. The molecule has 1 heteroatoms. The van der Waals surface area contributed by atoms with Crippen LogP contribution in [-0.4, -0.2) is 24.0 Å². The van der Waals surface area contributed by atoms with Gasteiger partial charge in [0, 0.05) is 6.04 Å². The van der Waals surface area contributed by atoms with E-state index in [-0.39, 0.29) is 0 Å². The molecule has 1 unspecified atom stereocenters. The third kappa shape index (κ3) is 2.34. The Morgan fingerprint density at radius 1 is 1.00 bits per heavy atom. The van der Waals surface area contributed by atoms with Gasteiger partial charge in [0.05, 0.1) is 0 Å². The first kappa shape index (κ1) is 9.26. The van der Waals surface area contributed by atoms with Crippen LogP contribution < -0.4 is 0 Å². The molecule has 2 atom stereocenters. The highest BCUT2D eigenvalue weighted by Gasteiger charge is 2.20. The fourth-order valence-corrected chi connectivity index (χ4v) is 2.50. The van der Waals surface area contributed by atoms with Crippen LogP contribution in [0.15, 0.2) is 12.2 Å². The lowest BCUT2D eigenvalue weighted by atomic mass is 9.92. The number of piperidine rings is 1. The smallest absolute Gasteiger partial charge is 0.0278 e. The van der Waals surface area contributed by atoms with E-state index in [1.165, 1.54) is 45.2 Å². The minimum atomic E-state index is 0.775. The molecular weight excluding hydrogens is 158 g/mol. The average molecular weight is 179 g/mol. The largest absolute Gasteiger partial charge is 0.297 e. The van der Waals surface area contributed by atoms with Crippen LogP contribution in [0.5, 0.6) is 0 Å². The van der Waals surface area contributed by atoms with Crippen molar-refractivity contribution in [2.75, 3.05) is 13.1 Å². The van der Waals surface area contributed by atoms with Crippen LogP contribution in [0.3, 0.4) is 0 Å². The van der Waals surface area contributed by atoms with Crippen molar-refractivity contribution in [3.8, 4) is 0 Å². The Hall–Kier alpha value is -0.300. The van der Waals surface area contributed by atoms with E-state index in [0.717, 1.165) is 12.0 Å². The molecular formula is C12H21N. The number of allylic oxidation sites excluding steroid dienone is 1. The highest BCUT2D eigenvalue weighted by Crippen LogP contribution is 2.23. The topological polar surface area (TPSA) is 3.24 Å². The van der Waals surface area contributed by atoms with Gasteiger partial charge in [-0.2, -0.15) is 0 Å². The highest BCUT2D eigenvalue weighted by molar-refractivity contribution is 5.01. The monoisotopic (exact) mass is 179 g/mol. The van der Waals surface area contributed by atoms with Crippen molar-refractivity contribution in [2.24, 2.45) is 5.92 Å². The molecule has 1 saturated heterocycles. The van der Waals surface area contributed by atoms with Crippen LogP contribution in [0.25, 0.3) is 0 Å². The number of rotatable bonds is 1. The van der Waals surface area contributed by atoms with Crippen molar-refractivity contribution >= 4 is 0 Å². The average Bonchev–Trinajstić information content (AvgIpc) is 2.20. The summed E-state index contributed by atoms with van der Waals surface area (Å²) in [6, 6.07) is 0.775. The van der Waals surface area contributed by atoms with E-state index in [1.807, 2.05) is 0 Å². The summed E-state index contributed by atoms with van der Waals surface area (Å²) in [4.78, 5) is 2.67. The van der Waals surface area contributed by atoms with Crippen LogP contribution in [0.2, 0.25) is 0 Å². The molecule has 1 aliphatic heterocycles. The minimum Gasteiger partial charge on any atom is -0.297 e. The summed E-state index contributed by atoms with van der Waals surface area (Å²) in [7, 11) is 0. The standard InChI is InChI=1S/C12H21N/c1-11-5-7-12(8-6-11)13-9-3-2-4-10-13/h5,7,11-12H,2-4,6,8-10H2,1H3/t11-,12?/m1/s1. The maximum atomic E-state index is 2.67. The number of likely N-dealkylation sites (tertiary alicyclic amines) is 1. The Morgan fingerprint density at radius 3 is 2.38 bits per heavy atom. The van der Waals surface area contributed by atoms with Crippen molar-refractivity contribution in [3.05, 3.63) is 12.2 Å². The second-order valence-corrected chi connectivity index (χ2v) is 4.60. The first-order chi connectivity index (χ1) is 6.36. The van der Waals surface area contributed by atoms with Gasteiger partial charge in [0.1, 0.15) is 0 Å². The van der Waals surface area contributed by atoms with Crippen molar-refractivity contribution in [1.29, 1.82) is 0 Å². The van der Waals surface area contributed by atoms with E-state index in [4.69, 9.17) is 0 Å². The van der Waals surface area contributed by atoms with Crippen molar-refractivity contribution < 1.29 is 0 Å². The second kappa shape index (κ2) is 4.28. The van der Waals surface area contributed by atoms with Crippen LogP contribution >= 0.6 is 0 Å². The van der Waals surface area contributed by atoms with Crippen LogP contribution in [0.1, 0.15) is 39.0 Å². The molecule has 1 heterocycles. The minimum absolute atomic E-state index is 0.775. The third-order valence-corrected chi connectivity index (χ3v) is 3.44. The molecule has 0 spiro atoms. The van der Waals surface area contributed by atoms with Gasteiger partial charge in [-0.1, -0.05) is 25.5 Å². The van der Waals surface area contributed by atoms with Crippen LogP contribution in [0.4, 0.5) is 0 Å². The van der Waals surface area contributed by atoms with E-state index in [0.29, 0.717) is 0 Å². The summed E-state index contributed by atoms with van der Waals surface area (Å²) < 4.78 is 0. The molecule has 1 aliphatic carbocycles. The van der Waals surface area contributed by atoms with Gasteiger partial charge in [-0.05, 0) is 44.7 Å². The molecule has 13 heavy (non-hydrogen) atoms. The van der Waals surface area contributed by atoms with E-state index >= 15 is 0 Å². The fourth-order valence-electron chi connectivity index (χ4n) is 2.50. The summed E-state index contributed by atoms with van der Waals surface area (Å²) in [5.74, 6) is 0.820. The van der Waals surface area contributed by atoms with Crippen molar-refractivity contribution in [2.45, 2.75) is 45.1 Å². The molecule has 0 amide bonds. The molecule has 1 nitrogen and oxygen atoms in total. The predicted octanol–water partition coefficient (Wildman–Crippen LogP) is 2.83.